The summed E-state index contributed by atoms with van der Waals surface area (Å²) in [4.78, 5) is 7.86. The van der Waals surface area contributed by atoms with Gasteiger partial charge in [-0.15, -0.1) is 11.3 Å². The Morgan fingerprint density at radius 3 is 2.81 bits per heavy atom. The molecule has 1 aromatic carbocycles. The molecule has 2 heterocycles. The average molecular weight is 380 g/mol. The van der Waals surface area contributed by atoms with Crippen LogP contribution >= 0.6 is 11.3 Å². The molecule has 0 saturated carbocycles. The van der Waals surface area contributed by atoms with Crippen LogP contribution in [-0.2, 0) is 23.4 Å². The second-order valence-corrected chi connectivity index (χ2v) is 8.03. The number of nitrogens with zero attached hydrogens (tertiary/aromatic N) is 2. The second-order valence-electron chi connectivity index (χ2n) is 6.83. The van der Waals surface area contributed by atoms with Crippen molar-refractivity contribution in [2.75, 3.05) is 34.4 Å². The van der Waals surface area contributed by atoms with Crippen molar-refractivity contribution in [1.82, 2.24) is 15.2 Å². The van der Waals surface area contributed by atoms with Gasteiger partial charge >= 0.3 is 0 Å². The van der Waals surface area contributed by atoms with E-state index in [0.29, 0.717) is 38.2 Å². The maximum Gasteiger partial charge on any atom is 0.170 e. The normalized spacial score (nSPS) is 16.8. The van der Waals surface area contributed by atoms with Crippen LogP contribution in [0.1, 0.15) is 28.3 Å². The summed E-state index contributed by atoms with van der Waals surface area (Å²) in [7, 11) is 5.58. The Morgan fingerprint density at radius 2 is 2.12 bits per heavy atom. The molecule has 26 heavy (non-hydrogen) atoms. The van der Waals surface area contributed by atoms with Crippen LogP contribution in [0, 0.1) is 5.82 Å². The molecule has 0 bridgehead atoms. The fourth-order valence-corrected chi connectivity index (χ4v) is 4.34. The van der Waals surface area contributed by atoms with Crippen molar-refractivity contribution in [2.24, 2.45) is 0 Å². The van der Waals surface area contributed by atoms with Gasteiger partial charge in [-0.1, -0.05) is 12.1 Å². The zero-order chi connectivity index (χ0) is 18.6. The highest BCUT2D eigenvalue weighted by molar-refractivity contribution is 7.11. The fourth-order valence-electron chi connectivity index (χ4n) is 3.36. The van der Waals surface area contributed by atoms with Crippen LogP contribution in [-0.4, -0.2) is 44.3 Å². The number of hydrogen-bond donors (Lipinski definition) is 1. The first-order chi connectivity index (χ1) is 12.5. The summed E-state index contributed by atoms with van der Waals surface area (Å²) < 4.78 is 25.7. The molecule has 0 amide bonds. The van der Waals surface area contributed by atoms with E-state index in [2.05, 4.69) is 15.2 Å². The van der Waals surface area contributed by atoms with Crippen molar-refractivity contribution in [1.29, 1.82) is 0 Å². The van der Waals surface area contributed by atoms with Gasteiger partial charge in [0.2, 0.25) is 0 Å². The summed E-state index contributed by atoms with van der Waals surface area (Å²) in [5.41, 5.74) is 0.176. The molecule has 0 unspecified atom stereocenters. The molecular weight excluding hydrogens is 353 g/mol. The van der Waals surface area contributed by atoms with E-state index < -0.39 is 5.54 Å². The van der Waals surface area contributed by atoms with Crippen LogP contribution < -0.4 is 10.1 Å². The number of thiazole rings is 1. The zero-order valence-corrected chi connectivity index (χ0v) is 16.4. The van der Waals surface area contributed by atoms with Crippen molar-refractivity contribution in [3.8, 4) is 5.75 Å². The van der Waals surface area contributed by atoms with Crippen LogP contribution in [0.3, 0.4) is 0 Å². The van der Waals surface area contributed by atoms with Crippen molar-refractivity contribution in [3.63, 3.8) is 0 Å². The van der Waals surface area contributed by atoms with Gasteiger partial charge in [0.25, 0.3) is 0 Å². The molecule has 1 fully saturated rings. The smallest absolute Gasteiger partial charge is 0.170 e. The lowest BCUT2D eigenvalue weighted by Gasteiger charge is -2.39. The molecule has 0 aliphatic carbocycles. The van der Waals surface area contributed by atoms with Crippen LogP contribution in [0.4, 0.5) is 4.39 Å². The minimum absolute atomic E-state index is 0.276. The Morgan fingerprint density at radius 1 is 1.35 bits per heavy atom. The molecule has 1 aliphatic rings. The minimum atomic E-state index is -0.468. The number of benzene rings is 1. The van der Waals surface area contributed by atoms with Gasteiger partial charge in [-0.25, -0.2) is 9.37 Å². The van der Waals surface area contributed by atoms with Crippen molar-refractivity contribution in [2.45, 2.75) is 31.5 Å². The number of aromatic nitrogens is 1. The molecule has 1 aliphatic heterocycles. The molecule has 1 saturated heterocycles. The van der Waals surface area contributed by atoms with Gasteiger partial charge in [-0.2, -0.15) is 0 Å². The topological polar surface area (TPSA) is 46.6 Å². The Balaban J connectivity index is 1.81. The van der Waals surface area contributed by atoms with Crippen LogP contribution in [0.15, 0.2) is 24.4 Å². The van der Waals surface area contributed by atoms with E-state index in [1.807, 2.05) is 32.4 Å². The SMILES string of the molecule is COc1cccc(C2(NCc3ncc(CN(C)C)s3)CCOCC2)c1F. The van der Waals surface area contributed by atoms with Gasteiger partial charge in [-0.3, -0.25) is 0 Å². The Labute approximate surface area is 158 Å². The maximum atomic E-state index is 15.0. The Hall–Kier alpha value is -1.54. The third-order valence-electron chi connectivity index (χ3n) is 4.70. The maximum absolute atomic E-state index is 15.0. The lowest BCUT2D eigenvalue weighted by Crippen LogP contribution is -2.47. The van der Waals surface area contributed by atoms with Crippen molar-refractivity contribution < 1.29 is 13.9 Å². The monoisotopic (exact) mass is 379 g/mol. The highest BCUT2D eigenvalue weighted by Crippen LogP contribution is 2.37. The number of halogens is 1. The van der Waals surface area contributed by atoms with E-state index >= 15 is 0 Å². The molecule has 5 nitrogen and oxygen atoms in total. The summed E-state index contributed by atoms with van der Waals surface area (Å²) >= 11 is 1.69. The highest BCUT2D eigenvalue weighted by Gasteiger charge is 2.37. The highest BCUT2D eigenvalue weighted by atomic mass is 32.1. The van der Waals surface area contributed by atoms with Gasteiger partial charge in [0.1, 0.15) is 5.01 Å². The number of rotatable bonds is 7. The number of ether oxygens (including phenoxy) is 2. The van der Waals surface area contributed by atoms with Gasteiger partial charge in [-0.05, 0) is 33.0 Å². The summed E-state index contributed by atoms with van der Waals surface area (Å²) in [5, 5.41) is 4.60. The van der Waals surface area contributed by atoms with Gasteiger partial charge < -0.3 is 19.7 Å². The minimum Gasteiger partial charge on any atom is -0.494 e. The van der Waals surface area contributed by atoms with Gasteiger partial charge in [0, 0.05) is 42.9 Å². The number of nitrogens with one attached hydrogen (secondary N) is 1. The second kappa shape index (κ2) is 8.43. The molecule has 142 valence electrons. The van der Waals surface area contributed by atoms with Gasteiger partial charge in [0.15, 0.2) is 11.6 Å². The van der Waals surface area contributed by atoms with E-state index in [1.165, 1.54) is 12.0 Å². The quantitative estimate of drug-likeness (QED) is 0.801. The molecule has 0 atom stereocenters. The predicted octanol–water partition coefficient (Wildman–Crippen LogP) is 3.15. The lowest BCUT2D eigenvalue weighted by atomic mass is 9.82. The first kappa shape index (κ1) is 19.2. The predicted molar refractivity (Wildman–Crippen MR) is 101 cm³/mol. The first-order valence-electron chi connectivity index (χ1n) is 8.78. The average Bonchev–Trinajstić information content (AvgIpc) is 3.07. The van der Waals surface area contributed by atoms with E-state index in [9.17, 15) is 4.39 Å². The standard InChI is InChI=1S/C19H26FN3O2S/c1-23(2)13-14-11-21-17(26-14)12-22-19(7-9-25-10-8-19)15-5-4-6-16(24-3)18(15)20/h4-6,11,22H,7-10,12-13H2,1-3H3. The van der Waals surface area contributed by atoms with Gasteiger partial charge in [0.05, 0.1) is 12.6 Å². The van der Waals surface area contributed by atoms with Crippen LogP contribution in [0.2, 0.25) is 0 Å². The third-order valence-corrected chi connectivity index (χ3v) is 5.68. The number of methoxy groups -OCH3 is 1. The zero-order valence-electron chi connectivity index (χ0n) is 15.5. The molecule has 1 aromatic heterocycles. The summed E-state index contributed by atoms with van der Waals surface area (Å²) in [6, 6.07) is 5.34. The van der Waals surface area contributed by atoms with Crippen molar-refractivity contribution >= 4 is 11.3 Å². The molecule has 0 radical (unpaired) electrons. The van der Waals surface area contributed by atoms with E-state index in [0.717, 1.165) is 11.6 Å². The Bertz CT molecular complexity index is 729. The molecule has 7 heteroatoms. The largest absolute Gasteiger partial charge is 0.494 e. The first-order valence-corrected chi connectivity index (χ1v) is 9.60. The summed E-state index contributed by atoms with van der Waals surface area (Å²) in [6.07, 6.45) is 3.35. The summed E-state index contributed by atoms with van der Waals surface area (Å²) in [5.74, 6) is -0.0190. The number of hydrogen-bond acceptors (Lipinski definition) is 6. The van der Waals surface area contributed by atoms with Crippen molar-refractivity contribution in [3.05, 3.63) is 45.7 Å². The van der Waals surface area contributed by atoms with Crippen LogP contribution in [0.25, 0.3) is 0 Å². The molecule has 0 spiro atoms. The summed E-state index contributed by atoms with van der Waals surface area (Å²) in [6.45, 7) is 2.69. The van der Waals surface area contributed by atoms with E-state index in [-0.39, 0.29) is 11.6 Å². The fraction of sp³-hybridized carbons (Fsp3) is 0.526. The molecular formula is C19H26FN3O2S. The third kappa shape index (κ3) is 4.23. The van der Waals surface area contributed by atoms with E-state index in [1.54, 1.807) is 17.4 Å². The lowest BCUT2D eigenvalue weighted by molar-refractivity contribution is 0.0342. The van der Waals surface area contributed by atoms with E-state index in [4.69, 9.17) is 9.47 Å². The van der Waals surface area contributed by atoms with Crippen LogP contribution in [0.5, 0.6) is 5.75 Å². The molecule has 2 aromatic rings. The molecule has 1 N–H and O–H groups in total. The Kier molecular flexibility index (Phi) is 6.24. The molecule has 3 rings (SSSR count).